The van der Waals surface area contributed by atoms with Crippen molar-refractivity contribution < 1.29 is 14.3 Å². The van der Waals surface area contributed by atoms with Gasteiger partial charge in [-0.15, -0.1) is 11.8 Å². The average molecular weight is 359 g/mol. The highest BCUT2D eigenvalue weighted by Gasteiger charge is 2.24. The van der Waals surface area contributed by atoms with Crippen LogP contribution in [0.1, 0.15) is 30.1 Å². The van der Waals surface area contributed by atoms with E-state index in [1.54, 1.807) is 0 Å². The SMILES string of the molecule is Cn1ncc2c1CCCC2NC(=O)CSc1ccc2c(c1)OCCO2. The first kappa shape index (κ1) is 16.3. The molecule has 2 aliphatic rings. The van der Waals surface area contributed by atoms with Crippen LogP contribution < -0.4 is 14.8 Å². The fourth-order valence-corrected chi connectivity index (χ4v) is 4.09. The van der Waals surface area contributed by atoms with Crippen LogP contribution in [0.15, 0.2) is 29.3 Å². The first-order valence-corrected chi connectivity index (χ1v) is 9.52. The van der Waals surface area contributed by atoms with Crippen LogP contribution in [-0.4, -0.2) is 34.7 Å². The van der Waals surface area contributed by atoms with Crippen molar-refractivity contribution in [2.75, 3.05) is 19.0 Å². The van der Waals surface area contributed by atoms with E-state index in [1.165, 1.54) is 17.5 Å². The molecule has 1 aromatic carbocycles. The van der Waals surface area contributed by atoms with Gasteiger partial charge in [-0.2, -0.15) is 5.10 Å². The molecule has 0 fully saturated rings. The second-order valence-electron chi connectivity index (χ2n) is 6.28. The van der Waals surface area contributed by atoms with Gasteiger partial charge in [0.1, 0.15) is 13.2 Å². The minimum Gasteiger partial charge on any atom is -0.486 e. The monoisotopic (exact) mass is 359 g/mol. The van der Waals surface area contributed by atoms with E-state index in [2.05, 4.69) is 10.4 Å². The van der Waals surface area contributed by atoms with Gasteiger partial charge in [0.15, 0.2) is 11.5 Å². The Morgan fingerprint density at radius 3 is 3.08 bits per heavy atom. The fraction of sp³-hybridized carbons (Fsp3) is 0.444. The zero-order valence-electron chi connectivity index (χ0n) is 14.2. The molecular weight excluding hydrogens is 338 g/mol. The van der Waals surface area contributed by atoms with E-state index in [0.717, 1.165) is 41.2 Å². The number of carbonyl (C=O) groups is 1. The molecule has 1 N–H and O–H groups in total. The number of rotatable bonds is 4. The number of aromatic nitrogens is 2. The fourth-order valence-electron chi connectivity index (χ4n) is 3.35. The van der Waals surface area contributed by atoms with Crippen LogP contribution in [0, 0.1) is 0 Å². The van der Waals surface area contributed by atoms with Crippen molar-refractivity contribution >= 4 is 17.7 Å². The van der Waals surface area contributed by atoms with Crippen molar-refractivity contribution in [1.29, 1.82) is 0 Å². The minimum atomic E-state index is 0.0431. The van der Waals surface area contributed by atoms with Gasteiger partial charge in [-0.1, -0.05) is 0 Å². The van der Waals surface area contributed by atoms with E-state index in [0.29, 0.717) is 19.0 Å². The van der Waals surface area contributed by atoms with E-state index < -0.39 is 0 Å². The predicted octanol–water partition coefficient (Wildman–Crippen LogP) is 2.48. The van der Waals surface area contributed by atoms with Gasteiger partial charge in [0.25, 0.3) is 0 Å². The van der Waals surface area contributed by atoms with E-state index in [-0.39, 0.29) is 11.9 Å². The molecule has 1 amide bonds. The summed E-state index contributed by atoms with van der Waals surface area (Å²) in [5.74, 6) is 1.95. The number of fused-ring (bicyclic) bond motifs is 2. The maximum atomic E-state index is 12.4. The lowest BCUT2D eigenvalue weighted by molar-refractivity contribution is -0.119. The number of benzene rings is 1. The summed E-state index contributed by atoms with van der Waals surface area (Å²) < 4.78 is 13.0. The molecule has 6 nitrogen and oxygen atoms in total. The second-order valence-corrected chi connectivity index (χ2v) is 7.33. The number of amides is 1. The normalized spacial score (nSPS) is 18.5. The largest absolute Gasteiger partial charge is 0.486 e. The zero-order chi connectivity index (χ0) is 17.2. The van der Waals surface area contributed by atoms with Gasteiger partial charge >= 0.3 is 0 Å². The molecule has 25 heavy (non-hydrogen) atoms. The van der Waals surface area contributed by atoms with Crippen molar-refractivity contribution in [1.82, 2.24) is 15.1 Å². The lowest BCUT2D eigenvalue weighted by Crippen LogP contribution is -2.32. The molecule has 1 unspecified atom stereocenters. The summed E-state index contributed by atoms with van der Waals surface area (Å²) in [6.07, 6.45) is 4.96. The quantitative estimate of drug-likeness (QED) is 0.850. The summed E-state index contributed by atoms with van der Waals surface area (Å²) in [6.45, 7) is 1.15. The lowest BCUT2D eigenvalue weighted by atomic mass is 9.93. The molecule has 1 aliphatic heterocycles. The van der Waals surface area contributed by atoms with Gasteiger partial charge in [0.05, 0.1) is 18.0 Å². The predicted molar refractivity (Wildman–Crippen MR) is 95.2 cm³/mol. The van der Waals surface area contributed by atoms with Gasteiger partial charge in [-0.3, -0.25) is 9.48 Å². The first-order valence-electron chi connectivity index (χ1n) is 8.53. The molecule has 0 saturated carbocycles. The maximum absolute atomic E-state index is 12.4. The number of nitrogens with one attached hydrogen (secondary N) is 1. The molecule has 1 aliphatic carbocycles. The number of aryl methyl sites for hydroxylation is 1. The smallest absolute Gasteiger partial charge is 0.230 e. The van der Waals surface area contributed by atoms with E-state index in [9.17, 15) is 4.79 Å². The Kier molecular flexibility index (Phi) is 4.57. The summed E-state index contributed by atoms with van der Waals surface area (Å²) in [4.78, 5) is 13.4. The maximum Gasteiger partial charge on any atom is 0.230 e. The van der Waals surface area contributed by atoms with E-state index >= 15 is 0 Å². The third kappa shape index (κ3) is 3.46. The summed E-state index contributed by atoms with van der Waals surface area (Å²) >= 11 is 1.51. The summed E-state index contributed by atoms with van der Waals surface area (Å²) in [7, 11) is 1.96. The van der Waals surface area contributed by atoms with Gasteiger partial charge in [0, 0.05) is 23.2 Å². The topological polar surface area (TPSA) is 65.4 Å². The summed E-state index contributed by atoms with van der Waals surface area (Å²) in [5.41, 5.74) is 2.39. The molecule has 2 heterocycles. The van der Waals surface area contributed by atoms with Crippen LogP contribution >= 0.6 is 11.8 Å². The number of ether oxygens (including phenoxy) is 2. The Morgan fingerprint density at radius 2 is 2.20 bits per heavy atom. The lowest BCUT2D eigenvalue weighted by Gasteiger charge is -2.23. The highest BCUT2D eigenvalue weighted by molar-refractivity contribution is 8.00. The highest BCUT2D eigenvalue weighted by atomic mass is 32.2. The number of carbonyl (C=O) groups excluding carboxylic acids is 1. The minimum absolute atomic E-state index is 0.0431. The molecule has 4 rings (SSSR count). The molecule has 2 aromatic rings. The van der Waals surface area contributed by atoms with Gasteiger partial charge in [-0.05, 0) is 37.5 Å². The average Bonchev–Trinajstić information content (AvgIpc) is 3.02. The van der Waals surface area contributed by atoms with Crippen LogP contribution in [0.25, 0.3) is 0 Å². The number of thioether (sulfide) groups is 1. The van der Waals surface area contributed by atoms with E-state index in [1.807, 2.05) is 36.1 Å². The van der Waals surface area contributed by atoms with Crippen LogP contribution in [0.2, 0.25) is 0 Å². The highest BCUT2D eigenvalue weighted by Crippen LogP contribution is 2.34. The van der Waals surface area contributed by atoms with Crippen LogP contribution in [0.5, 0.6) is 11.5 Å². The van der Waals surface area contributed by atoms with Gasteiger partial charge < -0.3 is 14.8 Å². The van der Waals surface area contributed by atoms with E-state index in [4.69, 9.17) is 9.47 Å². The third-order valence-electron chi connectivity index (χ3n) is 4.59. The van der Waals surface area contributed by atoms with Gasteiger partial charge in [0.2, 0.25) is 5.91 Å². The Morgan fingerprint density at radius 1 is 1.36 bits per heavy atom. The molecule has 1 aromatic heterocycles. The first-order chi connectivity index (χ1) is 12.2. The number of hydrogen-bond acceptors (Lipinski definition) is 5. The van der Waals surface area contributed by atoms with Crippen molar-refractivity contribution in [2.45, 2.75) is 30.2 Å². The van der Waals surface area contributed by atoms with Crippen molar-refractivity contribution in [3.8, 4) is 11.5 Å². The Bertz CT molecular complexity index is 790. The molecule has 132 valence electrons. The standard InChI is InChI=1S/C18H21N3O3S/c1-21-15-4-2-3-14(13(15)10-19-21)20-18(22)11-25-12-5-6-16-17(9-12)24-8-7-23-16/h5-6,9-10,14H,2-4,7-8,11H2,1H3,(H,20,22). The zero-order valence-corrected chi connectivity index (χ0v) is 15.0. The molecule has 0 spiro atoms. The summed E-state index contributed by atoms with van der Waals surface area (Å²) in [6, 6.07) is 5.88. The molecule has 1 atom stereocenters. The van der Waals surface area contributed by atoms with Crippen molar-refractivity contribution in [3.63, 3.8) is 0 Å². The Balaban J connectivity index is 1.35. The van der Waals surface area contributed by atoms with Gasteiger partial charge in [-0.25, -0.2) is 0 Å². The van der Waals surface area contributed by atoms with Crippen molar-refractivity contribution in [3.05, 3.63) is 35.7 Å². The van der Waals surface area contributed by atoms with Crippen molar-refractivity contribution in [2.24, 2.45) is 7.05 Å². The Labute approximate surface area is 150 Å². The van der Waals surface area contributed by atoms with Crippen LogP contribution in [0.3, 0.4) is 0 Å². The number of nitrogens with zero attached hydrogens (tertiary/aromatic N) is 2. The second kappa shape index (κ2) is 7.00. The van der Waals surface area contributed by atoms with Crippen LogP contribution in [-0.2, 0) is 18.3 Å². The molecule has 0 bridgehead atoms. The third-order valence-corrected chi connectivity index (χ3v) is 5.59. The Hall–Kier alpha value is -2.15. The number of hydrogen-bond donors (Lipinski definition) is 1. The molecule has 7 heteroatoms. The molecular formula is C18H21N3O3S. The molecule has 0 saturated heterocycles. The van der Waals surface area contributed by atoms with Crippen LogP contribution in [0.4, 0.5) is 0 Å². The summed E-state index contributed by atoms with van der Waals surface area (Å²) in [5, 5.41) is 7.48. The molecule has 0 radical (unpaired) electrons.